The van der Waals surface area contributed by atoms with Crippen LogP contribution in [0.15, 0.2) is 0 Å². The van der Waals surface area contributed by atoms with Crippen molar-refractivity contribution in [2.24, 2.45) is 11.3 Å². The average Bonchev–Trinajstić information content (AvgIpc) is 2.89. The molecule has 0 aromatic rings. The lowest BCUT2D eigenvalue weighted by atomic mass is 9.71. The number of likely N-dealkylation sites (tertiary alicyclic amines) is 1. The van der Waals surface area contributed by atoms with Gasteiger partial charge in [-0.05, 0) is 31.6 Å². The molecule has 1 N–H and O–H groups in total. The highest BCUT2D eigenvalue weighted by atomic mass is 16.4. The summed E-state index contributed by atoms with van der Waals surface area (Å²) in [5, 5.41) is 9.58. The number of carbonyl (C=O) groups is 2. The van der Waals surface area contributed by atoms with Crippen LogP contribution >= 0.6 is 0 Å². The van der Waals surface area contributed by atoms with Crippen molar-refractivity contribution in [1.82, 2.24) is 4.90 Å². The molecule has 1 aliphatic carbocycles. The Balaban J connectivity index is 2.07. The summed E-state index contributed by atoms with van der Waals surface area (Å²) in [6, 6.07) is 0.303. The van der Waals surface area contributed by atoms with Gasteiger partial charge in [-0.3, -0.25) is 9.59 Å². The van der Waals surface area contributed by atoms with Crippen LogP contribution in [0.1, 0.15) is 65.2 Å². The number of hydrogen-bond acceptors (Lipinski definition) is 2. The highest BCUT2D eigenvalue weighted by Gasteiger charge is 2.43. The van der Waals surface area contributed by atoms with E-state index in [4.69, 9.17) is 0 Å². The predicted octanol–water partition coefficient (Wildman–Crippen LogP) is 3.06. The number of carbonyl (C=O) groups excluding carboxylic acids is 1. The third-order valence-corrected chi connectivity index (χ3v) is 5.14. The van der Waals surface area contributed by atoms with E-state index >= 15 is 0 Å². The molecule has 20 heavy (non-hydrogen) atoms. The van der Waals surface area contributed by atoms with Crippen molar-refractivity contribution in [1.29, 1.82) is 0 Å². The SMILES string of the molecule is CC(C)C1CCCN1C(=O)CC1(C(=O)O)CCCCC1. The molecule has 4 nitrogen and oxygen atoms in total. The van der Waals surface area contributed by atoms with Gasteiger partial charge in [0.05, 0.1) is 5.41 Å². The summed E-state index contributed by atoms with van der Waals surface area (Å²) in [5.41, 5.74) is -0.792. The fraction of sp³-hybridized carbons (Fsp3) is 0.875. The summed E-state index contributed by atoms with van der Waals surface area (Å²) >= 11 is 0. The smallest absolute Gasteiger partial charge is 0.310 e. The standard InChI is InChI=1S/C16H27NO3/c1-12(2)13-7-6-10-17(13)14(18)11-16(15(19)20)8-4-3-5-9-16/h12-13H,3-11H2,1-2H3,(H,19,20). The number of carboxylic acids is 1. The second-order valence-electron chi connectivity index (χ2n) is 6.86. The zero-order valence-electron chi connectivity index (χ0n) is 12.7. The van der Waals surface area contributed by atoms with E-state index in [1.807, 2.05) is 4.90 Å². The van der Waals surface area contributed by atoms with Crippen LogP contribution in [0.3, 0.4) is 0 Å². The van der Waals surface area contributed by atoms with Crippen molar-refractivity contribution >= 4 is 11.9 Å². The fourth-order valence-corrected chi connectivity index (χ4v) is 3.88. The molecule has 1 saturated heterocycles. The van der Waals surface area contributed by atoms with Gasteiger partial charge in [0, 0.05) is 19.0 Å². The molecule has 1 atom stereocenters. The first-order valence-corrected chi connectivity index (χ1v) is 7.99. The number of hydrogen-bond donors (Lipinski definition) is 1. The van der Waals surface area contributed by atoms with Gasteiger partial charge in [0.25, 0.3) is 0 Å². The molecule has 2 aliphatic rings. The van der Waals surface area contributed by atoms with Crippen LogP contribution in [-0.2, 0) is 9.59 Å². The molecule has 2 fully saturated rings. The van der Waals surface area contributed by atoms with Crippen molar-refractivity contribution in [3.05, 3.63) is 0 Å². The number of nitrogens with zero attached hydrogens (tertiary/aromatic N) is 1. The van der Waals surface area contributed by atoms with Gasteiger partial charge < -0.3 is 10.0 Å². The first-order chi connectivity index (χ1) is 9.46. The lowest BCUT2D eigenvalue weighted by Crippen LogP contribution is -2.44. The average molecular weight is 281 g/mol. The first kappa shape index (κ1) is 15.3. The molecular formula is C16H27NO3. The molecule has 1 aliphatic heterocycles. The molecule has 0 radical (unpaired) electrons. The molecule has 0 aromatic heterocycles. The van der Waals surface area contributed by atoms with Crippen LogP contribution in [-0.4, -0.2) is 34.5 Å². The summed E-state index contributed by atoms with van der Waals surface area (Å²) in [5.74, 6) is -0.259. The third kappa shape index (κ3) is 2.99. The van der Waals surface area contributed by atoms with Gasteiger partial charge in [-0.15, -0.1) is 0 Å². The molecule has 0 aromatic carbocycles. The Morgan fingerprint density at radius 1 is 1.20 bits per heavy atom. The Labute approximate surface area is 121 Å². The second kappa shape index (κ2) is 6.15. The van der Waals surface area contributed by atoms with E-state index in [2.05, 4.69) is 13.8 Å². The predicted molar refractivity (Wildman–Crippen MR) is 77.3 cm³/mol. The van der Waals surface area contributed by atoms with Crippen molar-refractivity contribution < 1.29 is 14.7 Å². The molecule has 0 bridgehead atoms. The largest absolute Gasteiger partial charge is 0.481 e. The molecule has 1 heterocycles. The van der Waals surface area contributed by atoms with Crippen LogP contribution in [0.4, 0.5) is 0 Å². The van der Waals surface area contributed by atoms with Gasteiger partial charge in [0.15, 0.2) is 0 Å². The van der Waals surface area contributed by atoms with Gasteiger partial charge in [-0.25, -0.2) is 0 Å². The fourth-order valence-electron chi connectivity index (χ4n) is 3.88. The lowest BCUT2D eigenvalue weighted by Gasteiger charge is -2.35. The lowest BCUT2D eigenvalue weighted by molar-refractivity contribution is -0.156. The summed E-state index contributed by atoms with van der Waals surface area (Å²) in [6.07, 6.45) is 6.61. The van der Waals surface area contributed by atoms with Crippen LogP contribution in [0, 0.1) is 11.3 Å². The van der Waals surface area contributed by atoms with Crippen LogP contribution in [0.25, 0.3) is 0 Å². The maximum absolute atomic E-state index is 12.6. The minimum Gasteiger partial charge on any atom is -0.481 e. The normalized spacial score (nSPS) is 25.9. The Hall–Kier alpha value is -1.06. The zero-order valence-corrected chi connectivity index (χ0v) is 12.7. The van der Waals surface area contributed by atoms with Gasteiger partial charge in [0.2, 0.25) is 5.91 Å². The van der Waals surface area contributed by atoms with Gasteiger partial charge >= 0.3 is 5.97 Å². The summed E-state index contributed by atoms with van der Waals surface area (Å²) in [6.45, 7) is 5.09. The topological polar surface area (TPSA) is 57.6 Å². The van der Waals surface area contributed by atoms with Crippen LogP contribution in [0.5, 0.6) is 0 Å². The van der Waals surface area contributed by atoms with E-state index in [0.29, 0.717) is 24.8 Å². The molecule has 4 heteroatoms. The monoisotopic (exact) mass is 281 g/mol. The molecule has 1 unspecified atom stereocenters. The number of aliphatic carboxylic acids is 1. The second-order valence-corrected chi connectivity index (χ2v) is 6.86. The molecular weight excluding hydrogens is 254 g/mol. The Morgan fingerprint density at radius 3 is 2.40 bits per heavy atom. The Kier molecular flexibility index (Phi) is 4.71. The Bertz CT molecular complexity index is 372. The van der Waals surface area contributed by atoms with Gasteiger partial charge in [-0.2, -0.15) is 0 Å². The third-order valence-electron chi connectivity index (χ3n) is 5.14. The molecule has 2 rings (SSSR count). The van der Waals surface area contributed by atoms with E-state index in [1.54, 1.807) is 0 Å². The van der Waals surface area contributed by atoms with Crippen molar-refractivity contribution in [3.63, 3.8) is 0 Å². The van der Waals surface area contributed by atoms with Crippen molar-refractivity contribution in [2.75, 3.05) is 6.54 Å². The quantitative estimate of drug-likeness (QED) is 0.861. The summed E-state index contributed by atoms with van der Waals surface area (Å²) in [7, 11) is 0. The van der Waals surface area contributed by atoms with Crippen LogP contribution < -0.4 is 0 Å². The van der Waals surface area contributed by atoms with E-state index in [1.165, 1.54) is 0 Å². The molecule has 0 spiro atoms. The van der Waals surface area contributed by atoms with E-state index in [9.17, 15) is 14.7 Å². The van der Waals surface area contributed by atoms with Crippen LogP contribution in [0.2, 0.25) is 0 Å². The van der Waals surface area contributed by atoms with E-state index in [-0.39, 0.29) is 12.3 Å². The number of carboxylic acid groups (broad SMARTS) is 1. The number of amides is 1. The summed E-state index contributed by atoms with van der Waals surface area (Å²) in [4.78, 5) is 26.2. The first-order valence-electron chi connectivity index (χ1n) is 7.99. The van der Waals surface area contributed by atoms with Crippen molar-refractivity contribution in [3.8, 4) is 0 Å². The van der Waals surface area contributed by atoms with E-state index < -0.39 is 11.4 Å². The minimum absolute atomic E-state index is 0.0606. The molecule has 114 valence electrons. The highest BCUT2D eigenvalue weighted by molar-refractivity contribution is 5.85. The Morgan fingerprint density at radius 2 is 1.85 bits per heavy atom. The maximum atomic E-state index is 12.6. The highest BCUT2D eigenvalue weighted by Crippen LogP contribution is 2.40. The van der Waals surface area contributed by atoms with Gasteiger partial charge in [0.1, 0.15) is 0 Å². The number of rotatable bonds is 4. The van der Waals surface area contributed by atoms with Gasteiger partial charge in [-0.1, -0.05) is 33.1 Å². The maximum Gasteiger partial charge on any atom is 0.310 e. The minimum atomic E-state index is -0.792. The van der Waals surface area contributed by atoms with Crippen molar-refractivity contribution in [2.45, 2.75) is 71.3 Å². The molecule has 1 saturated carbocycles. The molecule has 1 amide bonds. The zero-order chi connectivity index (χ0) is 14.8. The summed E-state index contributed by atoms with van der Waals surface area (Å²) < 4.78 is 0. The van der Waals surface area contributed by atoms with E-state index in [0.717, 1.165) is 38.6 Å².